The molecule has 0 spiro atoms. The Morgan fingerprint density at radius 2 is 1.88 bits per heavy atom. The minimum absolute atomic E-state index is 0.0421. The molecule has 0 saturated carbocycles. The lowest BCUT2D eigenvalue weighted by Gasteiger charge is -2.17. The van der Waals surface area contributed by atoms with E-state index in [4.69, 9.17) is 5.73 Å². The van der Waals surface area contributed by atoms with Gasteiger partial charge in [0.05, 0.1) is 12.5 Å². The van der Waals surface area contributed by atoms with Crippen molar-refractivity contribution in [2.75, 3.05) is 27.2 Å². The Bertz CT molecular complexity index is 239. The number of carbonyl (C=O) groups excluding carboxylic acids is 2. The Balaban J connectivity index is 4.07. The van der Waals surface area contributed by atoms with E-state index in [0.29, 0.717) is 12.5 Å². The molecule has 0 aliphatic carbocycles. The first-order valence-electron chi connectivity index (χ1n) is 5.56. The number of carbonyl (C=O) groups is 2. The van der Waals surface area contributed by atoms with Crippen molar-refractivity contribution in [3.05, 3.63) is 0 Å². The highest BCUT2D eigenvalue weighted by molar-refractivity contribution is 5.85. The van der Waals surface area contributed by atoms with Crippen LogP contribution in [0.5, 0.6) is 0 Å². The number of hydrogen-bond acceptors (Lipinski definition) is 3. The topological polar surface area (TPSA) is 75.4 Å². The molecule has 3 N–H and O–H groups in total. The van der Waals surface area contributed by atoms with Gasteiger partial charge in [-0.25, -0.2) is 0 Å². The molecule has 0 radical (unpaired) electrons. The van der Waals surface area contributed by atoms with Gasteiger partial charge in [0, 0.05) is 20.6 Å². The molecule has 0 aromatic carbocycles. The van der Waals surface area contributed by atoms with Crippen molar-refractivity contribution >= 4 is 11.8 Å². The van der Waals surface area contributed by atoms with E-state index in [-0.39, 0.29) is 24.3 Å². The lowest BCUT2D eigenvalue weighted by atomic mass is 9.96. The molecule has 0 heterocycles. The van der Waals surface area contributed by atoms with Crippen molar-refractivity contribution in [3.8, 4) is 0 Å². The molecule has 16 heavy (non-hydrogen) atoms. The molecule has 2 amide bonds. The van der Waals surface area contributed by atoms with Crippen LogP contribution in [0.15, 0.2) is 0 Å². The lowest BCUT2D eigenvalue weighted by molar-refractivity contribution is -0.132. The molecular weight excluding hydrogens is 206 g/mol. The number of nitrogens with two attached hydrogens (primary N) is 1. The SMILES string of the molecule is CC(C)CC(CN)C(=O)NCC(=O)N(C)C. The summed E-state index contributed by atoms with van der Waals surface area (Å²) in [5.41, 5.74) is 5.53. The highest BCUT2D eigenvalue weighted by Crippen LogP contribution is 2.10. The van der Waals surface area contributed by atoms with E-state index in [2.05, 4.69) is 5.32 Å². The Morgan fingerprint density at radius 3 is 2.25 bits per heavy atom. The third kappa shape index (κ3) is 5.70. The summed E-state index contributed by atoms with van der Waals surface area (Å²) >= 11 is 0. The Morgan fingerprint density at radius 1 is 1.31 bits per heavy atom. The first-order chi connectivity index (χ1) is 7.38. The molecule has 0 aromatic heterocycles. The van der Waals surface area contributed by atoms with Crippen LogP contribution in [0.1, 0.15) is 20.3 Å². The summed E-state index contributed by atoms with van der Waals surface area (Å²) in [7, 11) is 3.31. The van der Waals surface area contributed by atoms with Gasteiger partial charge in [-0.1, -0.05) is 13.8 Å². The minimum Gasteiger partial charge on any atom is -0.347 e. The van der Waals surface area contributed by atoms with Crippen LogP contribution in [0.25, 0.3) is 0 Å². The molecule has 0 bridgehead atoms. The van der Waals surface area contributed by atoms with E-state index in [1.54, 1.807) is 14.1 Å². The molecule has 1 unspecified atom stereocenters. The zero-order valence-corrected chi connectivity index (χ0v) is 10.6. The zero-order chi connectivity index (χ0) is 12.7. The number of amides is 2. The van der Waals surface area contributed by atoms with E-state index in [9.17, 15) is 9.59 Å². The zero-order valence-electron chi connectivity index (χ0n) is 10.6. The van der Waals surface area contributed by atoms with E-state index in [1.807, 2.05) is 13.8 Å². The average molecular weight is 229 g/mol. The van der Waals surface area contributed by atoms with Crippen LogP contribution in [0.2, 0.25) is 0 Å². The van der Waals surface area contributed by atoms with Gasteiger partial charge in [0.25, 0.3) is 0 Å². The van der Waals surface area contributed by atoms with Crippen LogP contribution >= 0.6 is 0 Å². The third-order valence-corrected chi connectivity index (χ3v) is 2.32. The van der Waals surface area contributed by atoms with Gasteiger partial charge in [0.2, 0.25) is 11.8 Å². The van der Waals surface area contributed by atoms with Gasteiger partial charge in [0.15, 0.2) is 0 Å². The van der Waals surface area contributed by atoms with E-state index in [0.717, 1.165) is 6.42 Å². The maximum absolute atomic E-state index is 11.7. The molecule has 1 atom stereocenters. The highest BCUT2D eigenvalue weighted by Gasteiger charge is 2.18. The van der Waals surface area contributed by atoms with Crippen LogP contribution in [0.3, 0.4) is 0 Å². The Labute approximate surface area is 97.4 Å². The second-order valence-corrected chi connectivity index (χ2v) is 4.57. The molecule has 0 saturated heterocycles. The summed E-state index contributed by atoms with van der Waals surface area (Å²) in [6, 6.07) is 0. The second-order valence-electron chi connectivity index (χ2n) is 4.57. The van der Waals surface area contributed by atoms with Gasteiger partial charge >= 0.3 is 0 Å². The molecule has 0 aromatic rings. The van der Waals surface area contributed by atoms with Gasteiger partial charge in [-0.15, -0.1) is 0 Å². The second kappa shape index (κ2) is 7.22. The first-order valence-corrected chi connectivity index (χ1v) is 5.56. The summed E-state index contributed by atoms with van der Waals surface area (Å²) in [5.74, 6) is -0.0288. The van der Waals surface area contributed by atoms with Crippen LogP contribution < -0.4 is 11.1 Å². The van der Waals surface area contributed by atoms with Crippen LogP contribution in [-0.4, -0.2) is 43.9 Å². The van der Waals surface area contributed by atoms with Crippen LogP contribution in [-0.2, 0) is 9.59 Å². The predicted molar refractivity (Wildman–Crippen MR) is 63.7 cm³/mol. The van der Waals surface area contributed by atoms with E-state index in [1.165, 1.54) is 4.90 Å². The van der Waals surface area contributed by atoms with Crippen molar-refractivity contribution < 1.29 is 9.59 Å². The molecular formula is C11H23N3O2. The van der Waals surface area contributed by atoms with Crippen molar-refractivity contribution in [2.24, 2.45) is 17.6 Å². The number of hydrogen-bond donors (Lipinski definition) is 2. The largest absolute Gasteiger partial charge is 0.347 e. The third-order valence-electron chi connectivity index (χ3n) is 2.32. The van der Waals surface area contributed by atoms with Crippen molar-refractivity contribution in [1.82, 2.24) is 10.2 Å². The maximum Gasteiger partial charge on any atom is 0.241 e. The highest BCUT2D eigenvalue weighted by atomic mass is 16.2. The van der Waals surface area contributed by atoms with E-state index < -0.39 is 0 Å². The molecule has 0 aliphatic heterocycles. The lowest BCUT2D eigenvalue weighted by Crippen LogP contribution is -2.41. The number of rotatable bonds is 6. The smallest absolute Gasteiger partial charge is 0.241 e. The Kier molecular flexibility index (Phi) is 6.72. The van der Waals surface area contributed by atoms with Gasteiger partial charge in [0.1, 0.15) is 0 Å². The standard InChI is InChI=1S/C11H23N3O2/c1-8(2)5-9(6-12)11(16)13-7-10(15)14(3)4/h8-9H,5-7,12H2,1-4H3,(H,13,16). The van der Waals surface area contributed by atoms with Crippen molar-refractivity contribution in [1.29, 1.82) is 0 Å². The van der Waals surface area contributed by atoms with Crippen LogP contribution in [0.4, 0.5) is 0 Å². The van der Waals surface area contributed by atoms with Gasteiger partial charge in [-0.3, -0.25) is 9.59 Å². The molecule has 94 valence electrons. The molecule has 0 rings (SSSR count). The maximum atomic E-state index is 11.7. The fourth-order valence-corrected chi connectivity index (χ4v) is 1.34. The van der Waals surface area contributed by atoms with E-state index >= 15 is 0 Å². The first kappa shape index (κ1) is 14.9. The van der Waals surface area contributed by atoms with Gasteiger partial charge in [-0.05, 0) is 12.3 Å². The average Bonchev–Trinajstić information content (AvgIpc) is 2.21. The summed E-state index contributed by atoms with van der Waals surface area (Å²) in [5, 5.41) is 2.61. The van der Waals surface area contributed by atoms with Crippen LogP contribution in [0, 0.1) is 11.8 Å². The number of nitrogens with zero attached hydrogens (tertiary/aromatic N) is 1. The fourth-order valence-electron chi connectivity index (χ4n) is 1.34. The molecule has 5 nitrogen and oxygen atoms in total. The van der Waals surface area contributed by atoms with Gasteiger partial charge < -0.3 is 16.0 Å². The van der Waals surface area contributed by atoms with Gasteiger partial charge in [-0.2, -0.15) is 0 Å². The summed E-state index contributed by atoms with van der Waals surface area (Å²) in [6.07, 6.45) is 0.749. The quantitative estimate of drug-likeness (QED) is 0.663. The monoisotopic (exact) mass is 229 g/mol. The minimum atomic E-state index is -0.199. The Hall–Kier alpha value is -1.10. The summed E-state index contributed by atoms with van der Waals surface area (Å²) in [6.45, 7) is 4.45. The normalized spacial score (nSPS) is 12.4. The number of likely N-dealkylation sites (N-methyl/N-ethyl adjacent to an activating group) is 1. The summed E-state index contributed by atoms with van der Waals surface area (Å²) in [4.78, 5) is 24.4. The van der Waals surface area contributed by atoms with Crippen molar-refractivity contribution in [2.45, 2.75) is 20.3 Å². The molecule has 0 aliphatic rings. The fraction of sp³-hybridized carbons (Fsp3) is 0.818. The van der Waals surface area contributed by atoms with Crippen molar-refractivity contribution in [3.63, 3.8) is 0 Å². The number of nitrogens with one attached hydrogen (secondary N) is 1. The molecule has 0 fully saturated rings. The predicted octanol–water partition coefficient (Wildman–Crippen LogP) is -0.188. The summed E-state index contributed by atoms with van der Waals surface area (Å²) < 4.78 is 0. The molecule has 5 heteroatoms.